The molecule has 1 N–H and O–H groups in total. The topological polar surface area (TPSA) is 40.5 Å². The van der Waals surface area contributed by atoms with Crippen LogP contribution in [0.15, 0.2) is 18.2 Å². The Morgan fingerprint density at radius 1 is 1.50 bits per heavy atom. The van der Waals surface area contributed by atoms with Crippen molar-refractivity contribution in [2.24, 2.45) is 0 Å². The van der Waals surface area contributed by atoms with Gasteiger partial charge >= 0.3 is 5.97 Å². The molecule has 1 heterocycles. The third-order valence-corrected chi connectivity index (χ3v) is 3.96. The molecule has 0 bridgehead atoms. The van der Waals surface area contributed by atoms with Crippen molar-refractivity contribution in [3.05, 3.63) is 28.8 Å². The summed E-state index contributed by atoms with van der Waals surface area (Å²) in [7, 11) is 0. The Morgan fingerprint density at radius 2 is 2.22 bits per heavy atom. The zero-order chi connectivity index (χ0) is 13.3. The third-order valence-electron chi connectivity index (χ3n) is 3.73. The van der Waals surface area contributed by atoms with Gasteiger partial charge in [0, 0.05) is 17.1 Å². The number of nitrogens with zero attached hydrogens (tertiary/aromatic N) is 1. The minimum atomic E-state index is -0.893. The highest BCUT2D eigenvalue weighted by atomic mass is 35.5. The molecule has 0 saturated carbocycles. The maximum Gasteiger partial charge on any atom is 0.337 e. The largest absolute Gasteiger partial charge is 0.478 e. The van der Waals surface area contributed by atoms with E-state index in [0.29, 0.717) is 22.7 Å². The van der Waals surface area contributed by atoms with Crippen molar-refractivity contribution in [3.63, 3.8) is 0 Å². The van der Waals surface area contributed by atoms with E-state index in [1.54, 1.807) is 18.2 Å². The van der Waals surface area contributed by atoms with Crippen LogP contribution in [0.5, 0.6) is 0 Å². The summed E-state index contributed by atoms with van der Waals surface area (Å²) in [5, 5.41) is 9.88. The van der Waals surface area contributed by atoms with Gasteiger partial charge in [-0.05, 0) is 44.4 Å². The number of carboxylic acid groups (broad SMARTS) is 1. The predicted molar refractivity (Wildman–Crippen MR) is 73.7 cm³/mol. The number of rotatable bonds is 3. The van der Waals surface area contributed by atoms with E-state index in [2.05, 4.69) is 18.7 Å². The lowest BCUT2D eigenvalue weighted by Crippen LogP contribution is -2.35. The molecule has 1 aliphatic rings. The summed E-state index contributed by atoms with van der Waals surface area (Å²) in [6.07, 6.45) is 3.24. The van der Waals surface area contributed by atoms with Gasteiger partial charge in [-0.15, -0.1) is 0 Å². The van der Waals surface area contributed by atoms with Crippen molar-refractivity contribution in [3.8, 4) is 0 Å². The molecule has 1 fully saturated rings. The summed E-state index contributed by atoms with van der Waals surface area (Å²) in [5.41, 5.74) is 1.10. The van der Waals surface area contributed by atoms with Gasteiger partial charge < -0.3 is 10.0 Å². The van der Waals surface area contributed by atoms with Crippen molar-refractivity contribution in [2.75, 3.05) is 4.90 Å². The van der Waals surface area contributed by atoms with Gasteiger partial charge in [0.25, 0.3) is 0 Å². The standard InChI is InChI=1S/C14H18ClNO2/c1-3-11-6-4-9(2)16(11)13-8-10(15)5-7-12(13)14(17)18/h5,7-9,11H,3-4,6H2,1-2H3,(H,17,18). The zero-order valence-corrected chi connectivity index (χ0v) is 11.4. The molecule has 1 aliphatic heterocycles. The first kappa shape index (κ1) is 13.2. The third kappa shape index (κ3) is 2.32. The fourth-order valence-corrected chi connectivity index (χ4v) is 2.97. The van der Waals surface area contributed by atoms with Crippen LogP contribution in [-0.4, -0.2) is 23.2 Å². The molecule has 0 aromatic heterocycles. The molecule has 3 nitrogen and oxygen atoms in total. The molecule has 2 unspecified atom stereocenters. The lowest BCUT2D eigenvalue weighted by molar-refractivity contribution is 0.0697. The highest BCUT2D eigenvalue weighted by Crippen LogP contribution is 2.35. The molecule has 18 heavy (non-hydrogen) atoms. The maximum atomic E-state index is 11.3. The molecule has 1 saturated heterocycles. The van der Waals surface area contributed by atoms with Crippen LogP contribution >= 0.6 is 11.6 Å². The quantitative estimate of drug-likeness (QED) is 0.905. The number of hydrogen-bond acceptors (Lipinski definition) is 2. The number of aromatic carboxylic acids is 1. The van der Waals surface area contributed by atoms with Crippen LogP contribution < -0.4 is 4.90 Å². The second kappa shape index (κ2) is 5.19. The van der Waals surface area contributed by atoms with E-state index in [4.69, 9.17) is 11.6 Å². The molecular formula is C14H18ClNO2. The fourth-order valence-electron chi connectivity index (χ4n) is 2.81. The number of anilines is 1. The van der Waals surface area contributed by atoms with E-state index in [1.165, 1.54) is 0 Å². The van der Waals surface area contributed by atoms with Gasteiger partial charge in [0.15, 0.2) is 0 Å². The highest BCUT2D eigenvalue weighted by molar-refractivity contribution is 6.31. The maximum absolute atomic E-state index is 11.3. The monoisotopic (exact) mass is 267 g/mol. The molecular weight excluding hydrogens is 250 g/mol. The normalized spacial score (nSPS) is 23.4. The highest BCUT2D eigenvalue weighted by Gasteiger charge is 2.31. The second-order valence-corrected chi connectivity index (χ2v) is 5.30. The molecule has 98 valence electrons. The summed E-state index contributed by atoms with van der Waals surface area (Å²) >= 11 is 6.02. The zero-order valence-electron chi connectivity index (χ0n) is 10.7. The van der Waals surface area contributed by atoms with Gasteiger partial charge in [0.1, 0.15) is 0 Å². The van der Waals surface area contributed by atoms with E-state index in [1.807, 2.05) is 0 Å². The molecule has 2 atom stereocenters. The lowest BCUT2D eigenvalue weighted by Gasteiger charge is -2.31. The second-order valence-electron chi connectivity index (χ2n) is 4.86. The molecule has 4 heteroatoms. The SMILES string of the molecule is CCC1CCC(C)N1c1cc(Cl)ccc1C(=O)O. The minimum absolute atomic E-state index is 0.339. The Hall–Kier alpha value is -1.22. The van der Waals surface area contributed by atoms with Crippen LogP contribution in [0.2, 0.25) is 5.02 Å². The van der Waals surface area contributed by atoms with Gasteiger partial charge in [0.2, 0.25) is 0 Å². The van der Waals surface area contributed by atoms with E-state index < -0.39 is 5.97 Å². The van der Waals surface area contributed by atoms with E-state index in [0.717, 1.165) is 24.9 Å². The van der Waals surface area contributed by atoms with Crippen molar-refractivity contribution >= 4 is 23.3 Å². The summed E-state index contributed by atoms with van der Waals surface area (Å²) in [6.45, 7) is 4.28. The molecule has 0 radical (unpaired) electrons. The molecule has 2 rings (SSSR count). The van der Waals surface area contributed by atoms with Crippen LogP contribution in [0.4, 0.5) is 5.69 Å². The first-order valence-electron chi connectivity index (χ1n) is 6.35. The number of halogens is 1. The first-order chi connectivity index (χ1) is 8.54. The molecule has 1 aromatic rings. The minimum Gasteiger partial charge on any atom is -0.478 e. The summed E-state index contributed by atoms with van der Waals surface area (Å²) in [6, 6.07) is 5.78. The Bertz CT molecular complexity index is 461. The van der Waals surface area contributed by atoms with E-state index in [-0.39, 0.29) is 0 Å². The number of carbonyl (C=O) groups is 1. The Morgan fingerprint density at radius 3 is 2.83 bits per heavy atom. The lowest BCUT2D eigenvalue weighted by atomic mass is 10.1. The molecule has 0 spiro atoms. The van der Waals surface area contributed by atoms with E-state index >= 15 is 0 Å². The summed E-state index contributed by atoms with van der Waals surface area (Å²) < 4.78 is 0. The smallest absolute Gasteiger partial charge is 0.337 e. The summed E-state index contributed by atoms with van der Waals surface area (Å²) in [5.74, 6) is -0.893. The van der Waals surface area contributed by atoms with Crippen LogP contribution in [-0.2, 0) is 0 Å². The van der Waals surface area contributed by atoms with Gasteiger partial charge in [-0.3, -0.25) is 0 Å². The van der Waals surface area contributed by atoms with Crippen LogP contribution in [0.3, 0.4) is 0 Å². The van der Waals surface area contributed by atoms with Crippen molar-refractivity contribution in [2.45, 2.75) is 45.2 Å². The van der Waals surface area contributed by atoms with Crippen LogP contribution in [0, 0.1) is 0 Å². The van der Waals surface area contributed by atoms with Gasteiger partial charge in [0.05, 0.1) is 11.3 Å². The Kier molecular flexibility index (Phi) is 3.81. The molecule has 0 aliphatic carbocycles. The summed E-state index contributed by atoms with van der Waals surface area (Å²) in [4.78, 5) is 13.5. The van der Waals surface area contributed by atoms with Crippen LogP contribution in [0.1, 0.15) is 43.5 Å². The fraction of sp³-hybridized carbons (Fsp3) is 0.500. The molecule has 0 amide bonds. The number of hydrogen-bond donors (Lipinski definition) is 1. The van der Waals surface area contributed by atoms with Crippen molar-refractivity contribution in [1.82, 2.24) is 0 Å². The molecule has 1 aromatic carbocycles. The van der Waals surface area contributed by atoms with Gasteiger partial charge in [-0.1, -0.05) is 18.5 Å². The average molecular weight is 268 g/mol. The average Bonchev–Trinajstić information content (AvgIpc) is 2.69. The van der Waals surface area contributed by atoms with Gasteiger partial charge in [-0.25, -0.2) is 4.79 Å². The van der Waals surface area contributed by atoms with Crippen LogP contribution in [0.25, 0.3) is 0 Å². The number of benzene rings is 1. The van der Waals surface area contributed by atoms with Gasteiger partial charge in [-0.2, -0.15) is 0 Å². The Labute approximate surface area is 112 Å². The van der Waals surface area contributed by atoms with E-state index in [9.17, 15) is 9.90 Å². The van der Waals surface area contributed by atoms with Crippen molar-refractivity contribution < 1.29 is 9.90 Å². The first-order valence-corrected chi connectivity index (χ1v) is 6.73. The van der Waals surface area contributed by atoms with Crippen molar-refractivity contribution in [1.29, 1.82) is 0 Å². The Balaban J connectivity index is 2.48. The number of carboxylic acids is 1. The predicted octanol–water partition coefficient (Wildman–Crippen LogP) is 3.81.